The van der Waals surface area contributed by atoms with E-state index < -0.39 is 0 Å². The Kier molecular flexibility index (Phi) is 5.06. The van der Waals surface area contributed by atoms with E-state index in [0.29, 0.717) is 0 Å². The minimum absolute atomic E-state index is 1.14. The maximum atomic E-state index is 4.12. The van der Waals surface area contributed by atoms with Crippen molar-refractivity contribution in [3.05, 3.63) is 42.5 Å². The second-order valence-corrected chi connectivity index (χ2v) is 3.78. The van der Waals surface area contributed by atoms with Gasteiger partial charge < -0.3 is 0 Å². The summed E-state index contributed by atoms with van der Waals surface area (Å²) in [5, 5.41) is 0. The molecule has 0 saturated heterocycles. The van der Waals surface area contributed by atoms with Crippen molar-refractivity contribution in [2.45, 2.75) is 39.0 Å². The third-order valence-electron chi connectivity index (χ3n) is 2.51. The molecule has 0 bridgehead atoms. The van der Waals surface area contributed by atoms with Gasteiger partial charge >= 0.3 is 0 Å². The fourth-order valence-corrected chi connectivity index (χ4v) is 1.58. The molecule has 0 fully saturated rings. The van der Waals surface area contributed by atoms with Crippen LogP contribution < -0.4 is 0 Å². The smallest absolute Gasteiger partial charge is 0.0230 e. The zero-order chi connectivity index (χ0) is 10.2. The first-order valence-corrected chi connectivity index (χ1v) is 5.57. The Morgan fingerprint density at radius 2 is 1.79 bits per heavy atom. The zero-order valence-corrected chi connectivity index (χ0v) is 9.13. The lowest BCUT2D eigenvalue weighted by Crippen LogP contribution is -1.83. The monoisotopic (exact) mass is 188 g/mol. The Balaban J connectivity index is 2.29. The third kappa shape index (κ3) is 3.78. The van der Waals surface area contributed by atoms with Crippen molar-refractivity contribution in [2.24, 2.45) is 0 Å². The average molecular weight is 188 g/mol. The molecule has 0 heterocycles. The van der Waals surface area contributed by atoms with E-state index in [1.807, 2.05) is 6.07 Å². The van der Waals surface area contributed by atoms with Gasteiger partial charge in [-0.3, -0.25) is 0 Å². The van der Waals surface area contributed by atoms with Gasteiger partial charge in [0.2, 0.25) is 0 Å². The number of benzene rings is 1. The molecule has 0 aliphatic heterocycles. The van der Waals surface area contributed by atoms with Crippen molar-refractivity contribution < 1.29 is 0 Å². The fourth-order valence-electron chi connectivity index (χ4n) is 1.58. The van der Waals surface area contributed by atoms with E-state index in [0.717, 1.165) is 6.42 Å². The molecule has 0 radical (unpaired) electrons. The number of hydrogen-bond donors (Lipinski definition) is 0. The summed E-state index contributed by atoms with van der Waals surface area (Å²) in [6.07, 6.45) is 6.41. The maximum Gasteiger partial charge on any atom is -0.0230 e. The van der Waals surface area contributed by atoms with Crippen LogP contribution in [-0.4, -0.2) is 0 Å². The van der Waals surface area contributed by atoms with Crippen molar-refractivity contribution in [1.29, 1.82) is 0 Å². The highest BCUT2D eigenvalue weighted by Crippen LogP contribution is 2.18. The lowest BCUT2D eigenvalue weighted by Gasteiger charge is -2.04. The summed E-state index contributed by atoms with van der Waals surface area (Å²) >= 11 is 0. The van der Waals surface area contributed by atoms with Gasteiger partial charge in [0.05, 0.1) is 0 Å². The molecule has 0 saturated carbocycles. The van der Waals surface area contributed by atoms with Gasteiger partial charge in [0.25, 0.3) is 0 Å². The van der Waals surface area contributed by atoms with E-state index in [1.54, 1.807) is 0 Å². The van der Waals surface area contributed by atoms with Crippen LogP contribution in [0.1, 0.15) is 44.6 Å². The van der Waals surface area contributed by atoms with Gasteiger partial charge in [0, 0.05) is 0 Å². The number of rotatable bonds is 6. The van der Waals surface area contributed by atoms with Gasteiger partial charge in [-0.2, -0.15) is 0 Å². The van der Waals surface area contributed by atoms with Crippen LogP contribution in [0.5, 0.6) is 0 Å². The van der Waals surface area contributed by atoms with Crippen molar-refractivity contribution in [1.82, 2.24) is 0 Å². The van der Waals surface area contributed by atoms with Crippen LogP contribution in [0.25, 0.3) is 5.57 Å². The summed E-state index contributed by atoms with van der Waals surface area (Å²) in [6.45, 7) is 6.36. The standard InChI is InChI=1S/C14H20/c1-3-4-5-7-10-13(2)14-11-8-6-9-12-14/h6,8-9,11-12H,2-5,7,10H2,1H3. The molecule has 76 valence electrons. The van der Waals surface area contributed by atoms with Crippen LogP contribution in [-0.2, 0) is 0 Å². The summed E-state index contributed by atoms with van der Waals surface area (Å²) in [5.74, 6) is 0. The second-order valence-electron chi connectivity index (χ2n) is 3.78. The molecular formula is C14H20. The molecule has 0 nitrogen and oxygen atoms in total. The van der Waals surface area contributed by atoms with Crippen molar-refractivity contribution >= 4 is 5.57 Å². The molecule has 0 amide bonds. The molecule has 0 aromatic heterocycles. The molecule has 0 N–H and O–H groups in total. The lowest BCUT2D eigenvalue weighted by atomic mass is 10.0. The van der Waals surface area contributed by atoms with Crippen LogP contribution in [0, 0.1) is 0 Å². The predicted octanol–water partition coefficient (Wildman–Crippen LogP) is 4.67. The quantitative estimate of drug-likeness (QED) is 0.569. The third-order valence-corrected chi connectivity index (χ3v) is 2.51. The maximum absolute atomic E-state index is 4.12. The lowest BCUT2D eigenvalue weighted by molar-refractivity contribution is 0.679. The summed E-state index contributed by atoms with van der Waals surface area (Å²) in [5.41, 5.74) is 2.57. The first kappa shape index (κ1) is 11.0. The molecule has 0 unspecified atom stereocenters. The molecule has 14 heavy (non-hydrogen) atoms. The van der Waals surface area contributed by atoms with Crippen LogP contribution >= 0.6 is 0 Å². The minimum atomic E-state index is 1.14. The second kappa shape index (κ2) is 6.42. The first-order chi connectivity index (χ1) is 6.84. The van der Waals surface area contributed by atoms with E-state index in [2.05, 4.69) is 37.8 Å². The van der Waals surface area contributed by atoms with E-state index >= 15 is 0 Å². The van der Waals surface area contributed by atoms with Gasteiger partial charge in [-0.05, 0) is 24.0 Å². The molecule has 0 aliphatic rings. The predicted molar refractivity (Wildman–Crippen MR) is 64.2 cm³/mol. The summed E-state index contributed by atoms with van der Waals surface area (Å²) < 4.78 is 0. The van der Waals surface area contributed by atoms with Crippen molar-refractivity contribution in [3.63, 3.8) is 0 Å². The Labute approximate surface area is 87.7 Å². The molecule has 0 spiro atoms. The van der Waals surface area contributed by atoms with Gasteiger partial charge in [0.1, 0.15) is 0 Å². The zero-order valence-electron chi connectivity index (χ0n) is 9.13. The normalized spacial score (nSPS) is 10.1. The van der Waals surface area contributed by atoms with Crippen LogP contribution in [0.3, 0.4) is 0 Å². The average Bonchev–Trinajstić information content (AvgIpc) is 2.25. The SMILES string of the molecule is C=C(CCCCCC)c1ccccc1. The highest BCUT2D eigenvalue weighted by atomic mass is 14.0. The van der Waals surface area contributed by atoms with Gasteiger partial charge in [0.15, 0.2) is 0 Å². The Morgan fingerprint density at radius 1 is 1.07 bits per heavy atom. The van der Waals surface area contributed by atoms with Crippen LogP contribution in [0.2, 0.25) is 0 Å². The molecular weight excluding hydrogens is 168 g/mol. The Hall–Kier alpha value is -1.04. The molecule has 1 aromatic rings. The van der Waals surface area contributed by atoms with Crippen molar-refractivity contribution in [2.75, 3.05) is 0 Å². The molecule has 0 heteroatoms. The van der Waals surface area contributed by atoms with E-state index in [-0.39, 0.29) is 0 Å². The summed E-state index contributed by atoms with van der Waals surface area (Å²) in [6, 6.07) is 10.5. The summed E-state index contributed by atoms with van der Waals surface area (Å²) in [4.78, 5) is 0. The van der Waals surface area contributed by atoms with Gasteiger partial charge in [-0.1, -0.05) is 63.1 Å². The van der Waals surface area contributed by atoms with E-state index in [1.165, 1.54) is 36.8 Å². The largest absolute Gasteiger partial charge is 0.0952 e. The topological polar surface area (TPSA) is 0 Å². The summed E-state index contributed by atoms with van der Waals surface area (Å²) in [7, 11) is 0. The fraction of sp³-hybridized carbons (Fsp3) is 0.429. The van der Waals surface area contributed by atoms with Crippen molar-refractivity contribution in [3.8, 4) is 0 Å². The van der Waals surface area contributed by atoms with Gasteiger partial charge in [-0.25, -0.2) is 0 Å². The number of allylic oxidation sites excluding steroid dienone is 1. The Morgan fingerprint density at radius 3 is 2.43 bits per heavy atom. The number of hydrogen-bond acceptors (Lipinski definition) is 0. The highest BCUT2D eigenvalue weighted by Gasteiger charge is 1.97. The van der Waals surface area contributed by atoms with Gasteiger partial charge in [-0.15, -0.1) is 0 Å². The molecule has 1 rings (SSSR count). The molecule has 0 atom stereocenters. The van der Waals surface area contributed by atoms with E-state index in [4.69, 9.17) is 0 Å². The first-order valence-electron chi connectivity index (χ1n) is 5.57. The molecule has 0 aliphatic carbocycles. The molecule has 1 aromatic carbocycles. The minimum Gasteiger partial charge on any atom is -0.0952 e. The Bertz CT molecular complexity index is 259. The van der Waals surface area contributed by atoms with Crippen LogP contribution in [0.4, 0.5) is 0 Å². The number of unbranched alkanes of at least 4 members (excludes halogenated alkanes) is 3. The highest BCUT2D eigenvalue weighted by molar-refractivity contribution is 5.62. The van der Waals surface area contributed by atoms with Crippen LogP contribution in [0.15, 0.2) is 36.9 Å². The van der Waals surface area contributed by atoms with E-state index in [9.17, 15) is 0 Å².